The van der Waals surface area contributed by atoms with Crippen molar-refractivity contribution in [2.75, 3.05) is 40.4 Å². The molecular formula is C10H20F2N2O. The number of ether oxygens (including phenoxy) is 1. The number of nitrogens with one attached hydrogen (secondary N) is 1. The van der Waals surface area contributed by atoms with E-state index < -0.39 is 6.43 Å². The van der Waals surface area contributed by atoms with Crippen molar-refractivity contribution in [1.29, 1.82) is 0 Å². The molecule has 0 saturated carbocycles. The SMILES string of the molecule is CNC(CN(C)CC(F)F)C1CCOC1. The minimum atomic E-state index is -2.26. The summed E-state index contributed by atoms with van der Waals surface area (Å²) >= 11 is 0. The number of likely N-dealkylation sites (N-methyl/N-ethyl adjacent to an activating group) is 2. The van der Waals surface area contributed by atoms with Gasteiger partial charge in [0, 0.05) is 25.1 Å². The molecule has 2 atom stereocenters. The molecule has 1 heterocycles. The summed E-state index contributed by atoms with van der Waals surface area (Å²) in [6.45, 7) is 2.02. The van der Waals surface area contributed by atoms with Gasteiger partial charge in [-0.15, -0.1) is 0 Å². The van der Waals surface area contributed by atoms with Crippen molar-refractivity contribution in [1.82, 2.24) is 10.2 Å². The number of nitrogens with zero attached hydrogens (tertiary/aromatic N) is 1. The molecule has 1 aliphatic rings. The number of alkyl halides is 2. The van der Waals surface area contributed by atoms with Gasteiger partial charge in [0.25, 0.3) is 6.43 Å². The summed E-state index contributed by atoms with van der Waals surface area (Å²) in [5, 5.41) is 3.18. The van der Waals surface area contributed by atoms with E-state index in [1.807, 2.05) is 7.05 Å². The molecule has 5 heteroatoms. The first-order valence-corrected chi connectivity index (χ1v) is 5.35. The van der Waals surface area contributed by atoms with E-state index in [2.05, 4.69) is 5.32 Å². The van der Waals surface area contributed by atoms with Crippen molar-refractivity contribution >= 4 is 0 Å². The molecule has 1 saturated heterocycles. The fraction of sp³-hybridized carbons (Fsp3) is 1.00. The Morgan fingerprint density at radius 1 is 1.47 bits per heavy atom. The predicted molar refractivity (Wildman–Crippen MR) is 55.3 cm³/mol. The van der Waals surface area contributed by atoms with E-state index in [0.717, 1.165) is 19.6 Å². The topological polar surface area (TPSA) is 24.5 Å². The number of hydrogen-bond donors (Lipinski definition) is 1. The van der Waals surface area contributed by atoms with Gasteiger partial charge in [-0.1, -0.05) is 0 Å². The summed E-state index contributed by atoms with van der Waals surface area (Å²) in [6, 6.07) is 0.247. The van der Waals surface area contributed by atoms with Gasteiger partial charge in [0.2, 0.25) is 0 Å². The average molecular weight is 222 g/mol. The minimum absolute atomic E-state index is 0.161. The average Bonchev–Trinajstić information content (AvgIpc) is 2.65. The molecule has 0 aliphatic carbocycles. The van der Waals surface area contributed by atoms with Gasteiger partial charge in [-0.3, -0.25) is 4.90 Å². The molecule has 3 nitrogen and oxygen atoms in total. The van der Waals surface area contributed by atoms with Crippen LogP contribution in [-0.4, -0.2) is 57.8 Å². The highest BCUT2D eigenvalue weighted by atomic mass is 19.3. The van der Waals surface area contributed by atoms with Gasteiger partial charge in [-0.25, -0.2) is 8.78 Å². The summed E-state index contributed by atoms with van der Waals surface area (Å²) in [5.74, 6) is 0.454. The second-order valence-corrected chi connectivity index (χ2v) is 4.13. The van der Waals surface area contributed by atoms with Crippen LogP contribution in [0.1, 0.15) is 6.42 Å². The van der Waals surface area contributed by atoms with Gasteiger partial charge in [-0.2, -0.15) is 0 Å². The van der Waals surface area contributed by atoms with Crippen LogP contribution < -0.4 is 5.32 Å². The summed E-state index contributed by atoms with van der Waals surface area (Å²) in [4.78, 5) is 1.67. The Morgan fingerprint density at radius 2 is 2.20 bits per heavy atom. The zero-order chi connectivity index (χ0) is 11.3. The Kier molecular flexibility index (Phi) is 5.42. The van der Waals surface area contributed by atoms with E-state index in [9.17, 15) is 8.78 Å². The first-order valence-electron chi connectivity index (χ1n) is 5.35. The van der Waals surface area contributed by atoms with Crippen molar-refractivity contribution in [2.45, 2.75) is 18.9 Å². The molecule has 90 valence electrons. The molecule has 2 unspecified atom stereocenters. The highest BCUT2D eigenvalue weighted by molar-refractivity contribution is 4.80. The fourth-order valence-corrected chi connectivity index (χ4v) is 1.99. The van der Waals surface area contributed by atoms with E-state index in [1.165, 1.54) is 0 Å². The van der Waals surface area contributed by atoms with E-state index >= 15 is 0 Å². The third-order valence-corrected chi connectivity index (χ3v) is 2.86. The second-order valence-electron chi connectivity index (χ2n) is 4.13. The Labute approximate surface area is 89.8 Å². The smallest absolute Gasteiger partial charge is 0.251 e. The first-order chi connectivity index (χ1) is 7.13. The van der Waals surface area contributed by atoms with Gasteiger partial charge < -0.3 is 10.1 Å². The van der Waals surface area contributed by atoms with Crippen molar-refractivity contribution in [2.24, 2.45) is 5.92 Å². The van der Waals surface area contributed by atoms with Crippen LogP contribution in [0.2, 0.25) is 0 Å². The zero-order valence-corrected chi connectivity index (χ0v) is 9.38. The lowest BCUT2D eigenvalue weighted by molar-refractivity contribution is 0.0907. The van der Waals surface area contributed by atoms with Gasteiger partial charge in [0.05, 0.1) is 13.2 Å². The number of halogens is 2. The van der Waals surface area contributed by atoms with E-state index in [4.69, 9.17) is 4.74 Å². The van der Waals surface area contributed by atoms with Crippen molar-refractivity contribution in [3.8, 4) is 0 Å². The quantitative estimate of drug-likeness (QED) is 0.719. The Hall–Kier alpha value is -0.260. The molecule has 1 rings (SSSR count). The van der Waals surface area contributed by atoms with E-state index in [0.29, 0.717) is 12.5 Å². The van der Waals surface area contributed by atoms with Crippen LogP contribution in [0.3, 0.4) is 0 Å². The van der Waals surface area contributed by atoms with E-state index in [-0.39, 0.29) is 12.6 Å². The molecule has 0 aromatic rings. The monoisotopic (exact) mass is 222 g/mol. The van der Waals surface area contributed by atoms with Crippen LogP contribution in [0.15, 0.2) is 0 Å². The van der Waals surface area contributed by atoms with Crippen molar-refractivity contribution < 1.29 is 13.5 Å². The third kappa shape index (κ3) is 4.40. The summed E-state index contributed by atoms with van der Waals surface area (Å²) in [6.07, 6.45) is -1.24. The maximum atomic E-state index is 12.1. The maximum Gasteiger partial charge on any atom is 0.251 e. The molecule has 0 amide bonds. The summed E-state index contributed by atoms with van der Waals surface area (Å²) < 4.78 is 29.6. The van der Waals surface area contributed by atoms with Crippen LogP contribution in [0.25, 0.3) is 0 Å². The van der Waals surface area contributed by atoms with Gasteiger partial charge in [-0.05, 0) is 20.5 Å². The van der Waals surface area contributed by atoms with Gasteiger partial charge in [0.15, 0.2) is 0 Å². The summed E-state index contributed by atoms with van der Waals surface area (Å²) in [5.41, 5.74) is 0. The van der Waals surface area contributed by atoms with Crippen LogP contribution in [0.4, 0.5) is 8.78 Å². The van der Waals surface area contributed by atoms with Gasteiger partial charge in [0.1, 0.15) is 0 Å². The molecule has 0 radical (unpaired) electrons. The molecular weight excluding hydrogens is 202 g/mol. The van der Waals surface area contributed by atoms with Crippen molar-refractivity contribution in [3.63, 3.8) is 0 Å². The standard InChI is InChI=1S/C10H20F2N2O/c1-13-9(8-3-4-15-7-8)5-14(2)6-10(11)12/h8-10,13H,3-7H2,1-2H3. The largest absolute Gasteiger partial charge is 0.381 e. The molecule has 0 spiro atoms. The number of rotatable bonds is 6. The highest BCUT2D eigenvalue weighted by Crippen LogP contribution is 2.17. The molecule has 0 aromatic heterocycles. The fourth-order valence-electron chi connectivity index (χ4n) is 1.99. The van der Waals surface area contributed by atoms with Crippen LogP contribution in [0.5, 0.6) is 0 Å². The molecule has 15 heavy (non-hydrogen) atoms. The second kappa shape index (κ2) is 6.35. The Bertz CT molecular complexity index is 175. The third-order valence-electron chi connectivity index (χ3n) is 2.86. The lowest BCUT2D eigenvalue weighted by atomic mass is 9.99. The normalized spacial score (nSPS) is 24.0. The molecule has 0 bridgehead atoms. The van der Waals surface area contributed by atoms with Crippen LogP contribution >= 0.6 is 0 Å². The van der Waals surface area contributed by atoms with Crippen LogP contribution in [-0.2, 0) is 4.74 Å². The lowest BCUT2D eigenvalue weighted by Gasteiger charge is -2.27. The van der Waals surface area contributed by atoms with Gasteiger partial charge >= 0.3 is 0 Å². The highest BCUT2D eigenvalue weighted by Gasteiger charge is 2.25. The molecule has 0 aromatic carbocycles. The lowest BCUT2D eigenvalue weighted by Crippen LogP contribution is -2.44. The van der Waals surface area contributed by atoms with E-state index in [1.54, 1.807) is 11.9 Å². The minimum Gasteiger partial charge on any atom is -0.381 e. The zero-order valence-electron chi connectivity index (χ0n) is 9.38. The molecule has 1 fully saturated rings. The molecule has 1 aliphatic heterocycles. The van der Waals surface area contributed by atoms with Crippen molar-refractivity contribution in [3.05, 3.63) is 0 Å². The Balaban J connectivity index is 2.31. The first kappa shape index (κ1) is 12.8. The summed E-state index contributed by atoms with van der Waals surface area (Å²) in [7, 11) is 3.60. The predicted octanol–water partition coefficient (Wildman–Crippen LogP) is 0.808. The molecule has 1 N–H and O–H groups in total. The maximum absolute atomic E-state index is 12.1. The number of hydrogen-bond acceptors (Lipinski definition) is 3. The van der Waals surface area contributed by atoms with Crippen LogP contribution in [0, 0.1) is 5.92 Å². The Morgan fingerprint density at radius 3 is 2.67 bits per heavy atom.